The second-order valence-corrected chi connectivity index (χ2v) is 10.0. The summed E-state index contributed by atoms with van der Waals surface area (Å²) in [6.45, 7) is 11.1. The van der Waals surface area contributed by atoms with Gasteiger partial charge in [0.15, 0.2) is 0 Å². The Morgan fingerprint density at radius 3 is 2.46 bits per heavy atom. The first-order valence-corrected chi connectivity index (χ1v) is 11.8. The lowest BCUT2D eigenvalue weighted by Crippen LogP contribution is -2.48. The second kappa shape index (κ2) is 8.64. The van der Waals surface area contributed by atoms with Crippen molar-refractivity contribution in [3.8, 4) is 0 Å². The van der Waals surface area contributed by atoms with E-state index in [-0.39, 0.29) is 0 Å². The standard InChI is InChI=1S/C22H35N5S/c1-16(2)20-23-21(27-14-12-26(13-15-27)11-10-25(3)4)19-17-8-6-5-7-9-18(17)28-22(19)24-20/h16H,5-15H2,1-4H3. The van der Waals surface area contributed by atoms with Gasteiger partial charge in [-0.3, -0.25) is 4.90 Å². The Morgan fingerprint density at radius 2 is 1.75 bits per heavy atom. The summed E-state index contributed by atoms with van der Waals surface area (Å²) < 4.78 is 0. The van der Waals surface area contributed by atoms with Crippen molar-refractivity contribution < 1.29 is 0 Å². The van der Waals surface area contributed by atoms with E-state index < -0.39 is 0 Å². The van der Waals surface area contributed by atoms with Gasteiger partial charge in [-0.05, 0) is 45.3 Å². The largest absolute Gasteiger partial charge is 0.353 e. The molecule has 6 heteroatoms. The molecule has 0 radical (unpaired) electrons. The Bertz CT molecular complexity index is 805. The van der Waals surface area contributed by atoms with Gasteiger partial charge in [-0.15, -0.1) is 11.3 Å². The van der Waals surface area contributed by atoms with Gasteiger partial charge in [0.25, 0.3) is 0 Å². The molecule has 4 rings (SSSR count). The first kappa shape index (κ1) is 20.0. The number of piperazine rings is 1. The molecule has 0 atom stereocenters. The van der Waals surface area contributed by atoms with Gasteiger partial charge in [-0.1, -0.05) is 20.3 Å². The molecule has 0 amide bonds. The van der Waals surface area contributed by atoms with Gasteiger partial charge in [-0.25, -0.2) is 9.97 Å². The third kappa shape index (κ3) is 4.19. The minimum atomic E-state index is 0.367. The van der Waals surface area contributed by atoms with E-state index in [2.05, 4.69) is 42.6 Å². The van der Waals surface area contributed by atoms with Crippen molar-refractivity contribution in [2.24, 2.45) is 0 Å². The molecule has 1 fully saturated rings. The number of anilines is 1. The van der Waals surface area contributed by atoms with Gasteiger partial charge in [0.05, 0.1) is 5.39 Å². The molecule has 2 aromatic heterocycles. The Morgan fingerprint density at radius 1 is 1.00 bits per heavy atom. The number of hydrogen-bond acceptors (Lipinski definition) is 6. The number of likely N-dealkylation sites (N-methyl/N-ethyl adjacent to an activating group) is 1. The minimum absolute atomic E-state index is 0.367. The normalized spacial score (nSPS) is 18.9. The molecule has 0 aromatic carbocycles. The highest BCUT2D eigenvalue weighted by molar-refractivity contribution is 7.19. The molecule has 1 saturated heterocycles. The summed E-state index contributed by atoms with van der Waals surface area (Å²) >= 11 is 1.94. The molecule has 28 heavy (non-hydrogen) atoms. The smallest absolute Gasteiger partial charge is 0.141 e. The zero-order chi connectivity index (χ0) is 19.7. The van der Waals surface area contributed by atoms with Gasteiger partial charge < -0.3 is 9.80 Å². The lowest BCUT2D eigenvalue weighted by atomic mass is 10.1. The van der Waals surface area contributed by atoms with Gasteiger partial charge in [0, 0.05) is 50.1 Å². The number of nitrogens with zero attached hydrogens (tertiary/aromatic N) is 5. The molecule has 154 valence electrons. The predicted octanol–water partition coefficient (Wildman–Crippen LogP) is 3.77. The predicted molar refractivity (Wildman–Crippen MR) is 120 cm³/mol. The maximum absolute atomic E-state index is 5.13. The molecule has 0 N–H and O–H groups in total. The lowest BCUT2D eigenvalue weighted by molar-refractivity contribution is 0.229. The third-order valence-corrected chi connectivity index (χ3v) is 7.30. The van der Waals surface area contributed by atoms with E-state index in [0.717, 1.165) is 45.1 Å². The molecular formula is C22H35N5S. The van der Waals surface area contributed by atoms with Crippen molar-refractivity contribution in [2.45, 2.75) is 51.9 Å². The fraction of sp³-hybridized carbons (Fsp3) is 0.727. The zero-order valence-electron chi connectivity index (χ0n) is 18.0. The van der Waals surface area contributed by atoms with Crippen LogP contribution in [0.1, 0.15) is 55.3 Å². The molecule has 0 saturated carbocycles. The molecular weight excluding hydrogens is 366 g/mol. The summed E-state index contributed by atoms with van der Waals surface area (Å²) in [5, 5.41) is 1.38. The molecule has 0 spiro atoms. The molecule has 0 bridgehead atoms. The van der Waals surface area contributed by atoms with Crippen LogP contribution in [0.15, 0.2) is 0 Å². The van der Waals surface area contributed by atoms with Crippen LogP contribution in [-0.4, -0.2) is 73.1 Å². The number of hydrogen-bond donors (Lipinski definition) is 0. The summed E-state index contributed by atoms with van der Waals surface area (Å²) in [6, 6.07) is 0. The Kier molecular flexibility index (Phi) is 6.18. The first-order valence-electron chi connectivity index (χ1n) is 11.0. The summed E-state index contributed by atoms with van der Waals surface area (Å²) in [5.74, 6) is 2.60. The number of fused-ring (bicyclic) bond motifs is 3. The van der Waals surface area contributed by atoms with Crippen molar-refractivity contribution >= 4 is 27.4 Å². The van der Waals surface area contributed by atoms with Crippen LogP contribution >= 0.6 is 11.3 Å². The monoisotopic (exact) mass is 401 g/mol. The SMILES string of the molecule is CC(C)c1nc(N2CCN(CCN(C)C)CC2)c2c3c(sc2n1)CCCCC3. The fourth-order valence-electron chi connectivity index (χ4n) is 4.34. The van der Waals surface area contributed by atoms with Crippen molar-refractivity contribution in [1.29, 1.82) is 0 Å². The van der Waals surface area contributed by atoms with Crippen LogP contribution in [-0.2, 0) is 12.8 Å². The quantitative estimate of drug-likeness (QED) is 0.713. The zero-order valence-corrected chi connectivity index (χ0v) is 18.8. The van der Waals surface area contributed by atoms with E-state index in [1.807, 2.05) is 11.3 Å². The Hall–Kier alpha value is -1.24. The first-order chi connectivity index (χ1) is 13.5. The van der Waals surface area contributed by atoms with E-state index in [1.54, 1.807) is 10.4 Å². The minimum Gasteiger partial charge on any atom is -0.353 e. The number of aromatic nitrogens is 2. The number of thiophene rings is 1. The average molecular weight is 402 g/mol. The average Bonchev–Trinajstić information content (AvgIpc) is 2.87. The van der Waals surface area contributed by atoms with Crippen molar-refractivity contribution in [3.05, 3.63) is 16.3 Å². The van der Waals surface area contributed by atoms with Crippen LogP contribution in [0.4, 0.5) is 5.82 Å². The Labute approximate surface area is 173 Å². The number of rotatable bonds is 5. The van der Waals surface area contributed by atoms with Crippen molar-refractivity contribution in [2.75, 3.05) is 58.3 Å². The molecule has 2 aliphatic rings. The maximum Gasteiger partial charge on any atom is 0.141 e. The van der Waals surface area contributed by atoms with Crippen molar-refractivity contribution in [1.82, 2.24) is 19.8 Å². The number of aryl methyl sites for hydroxylation is 2. The van der Waals surface area contributed by atoms with Crippen molar-refractivity contribution in [3.63, 3.8) is 0 Å². The summed E-state index contributed by atoms with van der Waals surface area (Å²) in [5.41, 5.74) is 1.57. The summed E-state index contributed by atoms with van der Waals surface area (Å²) in [6.07, 6.45) is 6.42. The highest BCUT2D eigenvalue weighted by atomic mass is 32.1. The lowest BCUT2D eigenvalue weighted by Gasteiger charge is -2.36. The second-order valence-electron chi connectivity index (χ2n) is 8.94. The molecule has 0 unspecified atom stereocenters. The van der Waals surface area contributed by atoms with Crippen LogP contribution in [0.3, 0.4) is 0 Å². The summed E-state index contributed by atoms with van der Waals surface area (Å²) in [4.78, 5) is 20.3. The third-order valence-electron chi connectivity index (χ3n) is 6.11. The highest BCUT2D eigenvalue weighted by Crippen LogP contribution is 2.40. The molecule has 2 aromatic rings. The van der Waals surface area contributed by atoms with Crippen LogP contribution in [0.5, 0.6) is 0 Å². The maximum atomic E-state index is 5.13. The van der Waals surface area contributed by atoms with E-state index in [0.29, 0.717) is 5.92 Å². The van der Waals surface area contributed by atoms with E-state index in [4.69, 9.17) is 9.97 Å². The van der Waals surface area contributed by atoms with Gasteiger partial charge in [-0.2, -0.15) is 0 Å². The van der Waals surface area contributed by atoms with Gasteiger partial charge >= 0.3 is 0 Å². The fourth-order valence-corrected chi connectivity index (χ4v) is 5.61. The van der Waals surface area contributed by atoms with Crippen LogP contribution in [0, 0.1) is 0 Å². The molecule has 1 aliphatic heterocycles. The summed E-state index contributed by atoms with van der Waals surface area (Å²) in [7, 11) is 4.31. The molecule has 3 heterocycles. The van der Waals surface area contributed by atoms with Gasteiger partial charge in [0.1, 0.15) is 16.5 Å². The molecule has 1 aliphatic carbocycles. The van der Waals surface area contributed by atoms with E-state index in [1.165, 1.54) is 48.1 Å². The van der Waals surface area contributed by atoms with Crippen LogP contribution < -0.4 is 4.90 Å². The molecule has 5 nitrogen and oxygen atoms in total. The Balaban J connectivity index is 1.64. The highest BCUT2D eigenvalue weighted by Gasteiger charge is 2.26. The van der Waals surface area contributed by atoms with E-state index >= 15 is 0 Å². The topological polar surface area (TPSA) is 35.5 Å². The van der Waals surface area contributed by atoms with Crippen LogP contribution in [0.25, 0.3) is 10.2 Å². The van der Waals surface area contributed by atoms with E-state index in [9.17, 15) is 0 Å². The van der Waals surface area contributed by atoms with Crippen LogP contribution in [0.2, 0.25) is 0 Å². The van der Waals surface area contributed by atoms with Gasteiger partial charge in [0.2, 0.25) is 0 Å².